The second kappa shape index (κ2) is 5.95. The smallest absolute Gasteiger partial charge is 0.258 e. The van der Waals surface area contributed by atoms with Crippen LogP contribution in [-0.4, -0.2) is 21.9 Å². The molecular weight excluding hydrogens is 240 g/mol. The minimum Gasteiger partial charge on any atom is -0.352 e. The molecule has 0 unspecified atom stereocenters. The van der Waals surface area contributed by atoms with E-state index in [1.54, 1.807) is 0 Å². The maximum Gasteiger partial charge on any atom is 0.258 e. The summed E-state index contributed by atoms with van der Waals surface area (Å²) in [6.45, 7) is 4.00. The van der Waals surface area contributed by atoms with Crippen LogP contribution in [0.1, 0.15) is 24.2 Å². The molecule has 98 valence electrons. The van der Waals surface area contributed by atoms with E-state index in [9.17, 15) is 4.79 Å². The summed E-state index contributed by atoms with van der Waals surface area (Å²) in [5.41, 5.74) is 1.18. The van der Waals surface area contributed by atoms with E-state index in [-0.39, 0.29) is 11.9 Å². The first-order valence-electron chi connectivity index (χ1n) is 6.10. The molecule has 1 amide bonds. The van der Waals surface area contributed by atoms with Crippen LogP contribution in [0.15, 0.2) is 42.7 Å². The van der Waals surface area contributed by atoms with Crippen molar-refractivity contribution in [3.05, 3.63) is 48.3 Å². The Balaban J connectivity index is 2.04. The van der Waals surface area contributed by atoms with Crippen LogP contribution in [0, 0.1) is 0 Å². The van der Waals surface area contributed by atoms with Gasteiger partial charge in [-0.2, -0.15) is 0 Å². The van der Waals surface area contributed by atoms with Crippen LogP contribution in [0.2, 0.25) is 0 Å². The summed E-state index contributed by atoms with van der Waals surface area (Å²) in [6, 6.07) is 9.53. The topological polar surface area (TPSA) is 66.9 Å². The molecular formula is C14H16N4O. The molecule has 0 bridgehead atoms. The fraction of sp³-hybridized carbons (Fsp3) is 0.214. The number of hydrogen-bond acceptors (Lipinski definition) is 4. The van der Waals surface area contributed by atoms with Crippen molar-refractivity contribution in [2.24, 2.45) is 0 Å². The van der Waals surface area contributed by atoms with Crippen molar-refractivity contribution < 1.29 is 4.79 Å². The standard InChI is InChI=1S/C14H16N4O/c1-10(2)17-14-15-8-11(9-16-14)13(19)18-12-6-4-3-5-7-12/h3-10H,1-2H3,(H,18,19)(H,15,16,17). The molecule has 0 atom stereocenters. The largest absolute Gasteiger partial charge is 0.352 e. The normalized spacial score (nSPS) is 10.3. The van der Waals surface area contributed by atoms with Crippen molar-refractivity contribution in [2.45, 2.75) is 19.9 Å². The lowest BCUT2D eigenvalue weighted by Crippen LogP contribution is -2.15. The second-order valence-corrected chi connectivity index (χ2v) is 4.41. The molecule has 0 saturated carbocycles. The van der Waals surface area contributed by atoms with E-state index >= 15 is 0 Å². The summed E-state index contributed by atoms with van der Waals surface area (Å²) in [4.78, 5) is 20.1. The molecule has 0 saturated heterocycles. The Morgan fingerprint density at radius 3 is 2.32 bits per heavy atom. The van der Waals surface area contributed by atoms with Crippen molar-refractivity contribution >= 4 is 17.5 Å². The van der Waals surface area contributed by atoms with Crippen LogP contribution >= 0.6 is 0 Å². The van der Waals surface area contributed by atoms with Crippen molar-refractivity contribution in [3.8, 4) is 0 Å². The van der Waals surface area contributed by atoms with Gasteiger partial charge in [-0.05, 0) is 26.0 Å². The van der Waals surface area contributed by atoms with E-state index in [0.29, 0.717) is 11.5 Å². The average Bonchev–Trinajstić information content (AvgIpc) is 2.40. The van der Waals surface area contributed by atoms with E-state index in [1.165, 1.54) is 12.4 Å². The molecule has 5 nitrogen and oxygen atoms in total. The molecule has 0 fully saturated rings. The fourth-order valence-electron chi connectivity index (χ4n) is 1.50. The molecule has 2 N–H and O–H groups in total. The highest BCUT2D eigenvalue weighted by molar-refractivity contribution is 6.03. The van der Waals surface area contributed by atoms with Crippen LogP contribution < -0.4 is 10.6 Å². The Morgan fingerprint density at radius 2 is 1.74 bits per heavy atom. The Morgan fingerprint density at radius 1 is 1.11 bits per heavy atom. The first-order chi connectivity index (χ1) is 9.15. The molecule has 19 heavy (non-hydrogen) atoms. The van der Waals surface area contributed by atoms with Gasteiger partial charge in [0.1, 0.15) is 0 Å². The quantitative estimate of drug-likeness (QED) is 0.882. The zero-order chi connectivity index (χ0) is 13.7. The predicted molar refractivity (Wildman–Crippen MR) is 75.2 cm³/mol. The third-order valence-electron chi connectivity index (χ3n) is 2.36. The summed E-state index contributed by atoms with van der Waals surface area (Å²) >= 11 is 0. The van der Waals surface area contributed by atoms with Crippen LogP contribution in [0.4, 0.5) is 11.6 Å². The Labute approximate surface area is 112 Å². The summed E-state index contributed by atoms with van der Waals surface area (Å²) < 4.78 is 0. The lowest BCUT2D eigenvalue weighted by atomic mass is 10.3. The highest BCUT2D eigenvalue weighted by Crippen LogP contribution is 2.08. The number of nitrogens with zero attached hydrogens (tertiary/aromatic N) is 2. The number of carbonyl (C=O) groups is 1. The number of carbonyl (C=O) groups excluding carboxylic acids is 1. The van der Waals surface area contributed by atoms with Crippen LogP contribution in [0.25, 0.3) is 0 Å². The maximum absolute atomic E-state index is 11.9. The number of para-hydroxylation sites is 1. The molecule has 2 aromatic rings. The van der Waals surface area contributed by atoms with Crippen molar-refractivity contribution in [1.82, 2.24) is 9.97 Å². The Hall–Kier alpha value is -2.43. The van der Waals surface area contributed by atoms with Gasteiger partial charge in [0.25, 0.3) is 5.91 Å². The minimum absolute atomic E-state index is 0.220. The van der Waals surface area contributed by atoms with E-state index in [0.717, 1.165) is 5.69 Å². The lowest BCUT2D eigenvalue weighted by molar-refractivity contribution is 0.102. The van der Waals surface area contributed by atoms with E-state index in [1.807, 2.05) is 44.2 Å². The van der Waals surface area contributed by atoms with Gasteiger partial charge in [0.05, 0.1) is 5.56 Å². The van der Waals surface area contributed by atoms with Crippen LogP contribution in [0.5, 0.6) is 0 Å². The third kappa shape index (κ3) is 3.77. The van der Waals surface area contributed by atoms with Crippen LogP contribution in [0.3, 0.4) is 0 Å². The van der Waals surface area contributed by atoms with Gasteiger partial charge in [0, 0.05) is 24.1 Å². The van der Waals surface area contributed by atoms with E-state index in [2.05, 4.69) is 20.6 Å². The molecule has 0 spiro atoms. The number of nitrogens with one attached hydrogen (secondary N) is 2. The molecule has 2 rings (SSSR count). The fourth-order valence-corrected chi connectivity index (χ4v) is 1.50. The monoisotopic (exact) mass is 256 g/mol. The first kappa shape index (κ1) is 13.0. The zero-order valence-corrected chi connectivity index (χ0v) is 10.9. The van der Waals surface area contributed by atoms with Gasteiger partial charge in [0.2, 0.25) is 5.95 Å². The second-order valence-electron chi connectivity index (χ2n) is 4.41. The van der Waals surface area contributed by atoms with Gasteiger partial charge < -0.3 is 10.6 Å². The molecule has 0 aliphatic rings. The van der Waals surface area contributed by atoms with Crippen molar-refractivity contribution in [3.63, 3.8) is 0 Å². The summed E-state index contributed by atoms with van der Waals surface area (Å²) in [5.74, 6) is 0.300. The highest BCUT2D eigenvalue weighted by Gasteiger charge is 2.07. The van der Waals surface area contributed by atoms with Gasteiger partial charge in [-0.3, -0.25) is 4.79 Å². The van der Waals surface area contributed by atoms with Crippen LogP contribution in [-0.2, 0) is 0 Å². The minimum atomic E-state index is -0.220. The van der Waals surface area contributed by atoms with Gasteiger partial charge in [-0.25, -0.2) is 9.97 Å². The number of aromatic nitrogens is 2. The third-order valence-corrected chi connectivity index (χ3v) is 2.36. The molecule has 1 heterocycles. The van der Waals surface area contributed by atoms with Crippen molar-refractivity contribution in [2.75, 3.05) is 10.6 Å². The van der Waals surface area contributed by atoms with Gasteiger partial charge in [0.15, 0.2) is 0 Å². The lowest BCUT2D eigenvalue weighted by Gasteiger charge is -2.08. The average molecular weight is 256 g/mol. The Bertz CT molecular complexity index is 537. The number of hydrogen-bond donors (Lipinski definition) is 2. The van der Waals surface area contributed by atoms with Gasteiger partial charge in [-0.15, -0.1) is 0 Å². The van der Waals surface area contributed by atoms with Gasteiger partial charge in [-0.1, -0.05) is 18.2 Å². The summed E-state index contributed by atoms with van der Waals surface area (Å²) in [6.07, 6.45) is 3.02. The molecule has 1 aromatic heterocycles. The van der Waals surface area contributed by atoms with Crippen molar-refractivity contribution in [1.29, 1.82) is 0 Å². The number of benzene rings is 1. The van der Waals surface area contributed by atoms with E-state index < -0.39 is 0 Å². The molecule has 1 aromatic carbocycles. The predicted octanol–water partition coefficient (Wildman–Crippen LogP) is 2.55. The SMILES string of the molecule is CC(C)Nc1ncc(C(=O)Nc2ccccc2)cn1. The van der Waals surface area contributed by atoms with Gasteiger partial charge >= 0.3 is 0 Å². The molecule has 0 aliphatic heterocycles. The molecule has 0 aliphatic carbocycles. The first-order valence-corrected chi connectivity index (χ1v) is 6.10. The van der Waals surface area contributed by atoms with E-state index in [4.69, 9.17) is 0 Å². The number of amides is 1. The maximum atomic E-state index is 11.9. The molecule has 0 radical (unpaired) electrons. The zero-order valence-electron chi connectivity index (χ0n) is 10.9. The number of anilines is 2. The summed E-state index contributed by atoms with van der Waals surface area (Å²) in [7, 11) is 0. The Kier molecular flexibility index (Phi) is 4.07. The summed E-state index contributed by atoms with van der Waals surface area (Å²) in [5, 5.41) is 5.85. The molecule has 5 heteroatoms. The number of rotatable bonds is 4. The highest BCUT2D eigenvalue weighted by atomic mass is 16.1.